The molecule has 1 atom stereocenters. The molecule has 4 heteroatoms. The molecule has 0 aliphatic rings. The second kappa shape index (κ2) is 5.00. The number of aliphatic hydroxyl groups is 1. The third-order valence-corrected chi connectivity index (χ3v) is 2.09. The normalized spacial score (nSPS) is 13.1. The summed E-state index contributed by atoms with van der Waals surface area (Å²) < 4.78 is 0. The number of rotatable bonds is 4. The molecule has 0 heterocycles. The van der Waals surface area contributed by atoms with E-state index in [1.165, 1.54) is 18.2 Å². The minimum Gasteiger partial charge on any atom is -0.508 e. The maximum Gasteiger partial charge on any atom is 0.121 e. The molecule has 15 heavy (non-hydrogen) atoms. The summed E-state index contributed by atoms with van der Waals surface area (Å²) in [5, 5.41) is 31.5. The number of nitrogens with one attached hydrogen (secondary N) is 1. The summed E-state index contributed by atoms with van der Waals surface area (Å²) >= 11 is 0. The quantitative estimate of drug-likeness (QED) is 0.563. The van der Waals surface area contributed by atoms with Gasteiger partial charge in [0.1, 0.15) is 11.5 Å². The molecule has 0 fully saturated rings. The molecule has 0 aliphatic heterocycles. The van der Waals surface area contributed by atoms with Gasteiger partial charge in [0.25, 0.3) is 0 Å². The zero-order valence-electron chi connectivity index (χ0n) is 8.94. The molecule has 4 N–H and O–H groups in total. The Hall–Kier alpha value is -1.26. The second-order valence-electron chi connectivity index (χ2n) is 3.82. The molecule has 0 radical (unpaired) electrons. The Morgan fingerprint density at radius 2 is 1.93 bits per heavy atom. The van der Waals surface area contributed by atoms with Gasteiger partial charge in [0, 0.05) is 18.2 Å². The molecule has 1 rings (SSSR count). The molecule has 84 valence electrons. The van der Waals surface area contributed by atoms with Crippen molar-refractivity contribution in [3.8, 4) is 11.5 Å². The highest BCUT2D eigenvalue weighted by atomic mass is 16.3. The van der Waals surface area contributed by atoms with Crippen LogP contribution >= 0.6 is 0 Å². The number of phenols is 2. The van der Waals surface area contributed by atoms with E-state index >= 15 is 0 Å². The van der Waals surface area contributed by atoms with Crippen LogP contribution in [0, 0.1) is 0 Å². The molecular formula is C11H17NO3. The molecular weight excluding hydrogens is 194 g/mol. The Balaban J connectivity index is 2.72. The lowest BCUT2D eigenvalue weighted by molar-refractivity contribution is 0.167. The standard InChI is InChI=1S/C11H17NO3/c1-7(2)12-6-11(15)9-5-8(13)3-4-10(9)14/h3-5,7,11-15H,6H2,1-2H3. The van der Waals surface area contributed by atoms with E-state index in [0.717, 1.165) is 0 Å². The lowest BCUT2D eigenvalue weighted by Gasteiger charge is -2.15. The van der Waals surface area contributed by atoms with E-state index in [2.05, 4.69) is 5.32 Å². The summed E-state index contributed by atoms with van der Waals surface area (Å²) in [6, 6.07) is 4.37. The maximum atomic E-state index is 9.74. The first kappa shape index (κ1) is 11.8. The smallest absolute Gasteiger partial charge is 0.121 e. The molecule has 0 bridgehead atoms. The maximum absolute atomic E-state index is 9.74. The molecule has 1 aromatic carbocycles. The van der Waals surface area contributed by atoms with Gasteiger partial charge in [-0.3, -0.25) is 0 Å². The number of phenolic OH excluding ortho intramolecular Hbond substituents is 2. The molecule has 0 saturated heterocycles. The van der Waals surface area contributed by atoms with Crippen LogP contribution in [0.4, 0.5) is 0 Å². The van der Waals surface area contributed by atoms with E-state index in [-0.39, 0.29) is 17.5 Å². The molecule has 0 spiro atoms. The minimum atomic E-state index is -0.820. The van der Waals surface area contributed by atoms with Crippen LogP contribution in [-0.2, 0) is 0 Å². The zero-order valence-corrected chi connectivity index (χ0v) is 8.94. The Kier molecular flexibility index (Phi) is 3.94. The average Bonchev–Trinajstić information content (AvgIpc) is 2.18. The van der Waals surface area contributed by atoms with Crippen molar-refractivity contribution in [2.75, 3.05) is 6.54 Å². The number of hydrogen-bond acceptors (Lipinski definition) is 4. The second-order valence-corrected chi connectivity index (χ2v) is 3.82. The van der Waals surface area contributed by atoms with Crippen molar-refractivity contribution >= 4 is 0 Å². The SMILES string of the molecule is CC(C)NCC(O)c1cc(O)ccc1O. The average molecular weight is 211 g/mol. The van der Waals surface area contributed by atoms with Gasteiger partial charge >= 0.3 is 0 Å². The fourth-order valence-electron chi connectivity index (χ4n) is 1.27. The van der Waals surface area contributed by atoms with Crippen molar-refractivity contribution in [2.24, 2.45) is 0 Å². The zero-order chi connectivity index (χ0) is 11.4. The monoisotopic (exact) mass is 211 g/mol. The van der Waals surface area contributed by atoms with Gasteiger partial charge < -0.3 is 20.6 Å². The molecule has 1 aromatic rings. The van der Waals surface area contributed by atoms with Gasteiger partial charge in [-0.25, -0.2) is 0 Å². The number of aliphatic hydroxyl groups excluding tert-OH is 1. The van der Waals surface area contributed by atoms with E-state index in [9.17, 15) is 15.3 Å². The van der Waals surface area contributed by atoms with Crippen LogP contribution in [-0.4, -0.2) is 27.9 Å². The van der Waals surface area contributed by atoms with Crippen molar-refractivity contribution in [1.82, 2.24) is 5.32 Å². The van der Waals surface area contributed by atoms with Gasteiger partial charge in [-0.05, 0) is 18.2 Å². The van der Waals surface area contributed by atoms with Crippen molar-refractivity contribution in [2.45, 2.75) is 26.0 Å². The van der Waals surface area contributed by atoms with Crippen LogP contribution < -0.4 is 5.32 Å². The summed E-state index contributed by atoms with van der Waals surface area (Å²) in [4.78, 5) is 0. The van der Waals surface area contributed by atoms with E-state index in [4.69, 9.17) is 0 Å². The summed E-state index contributed by atoms with van der Waals surface area (Å²) in [6.07, 6.45) is -0.820. The van der Waals surface area contributed by atoms with Crippen LogP contribution in [0.25, 0.3) is 0 Å². The molecule has 0 aliphatic carbocycles. The van der Waals surface area contributed by atoms with Crippen molar-refractivity contribution in [3.63, 3.8) is 0 Å². The van der Waals surface area contributed by atoms with E-state index in [1.807, 2.05) is 13.8 Å². The summed E-state index contributed by atoms with van der Waals surface area (Å²) in [6.45, 7) is 4.28. The highest BCUT2D eigenvalue weighted by molar-refractivity contribution is 5.40. The van der Waals surface area contributed by atoms with Gasteiger partial charge in [-0.2, -0.15) is 0 Å². The lowest BCUT2D eigenvalue weighted by Crippen LogP contribution is -2.27. The topological polar surface area (TPSA) is 72.7 Å². The fourth-order valence-corrected chi connectivity index (χ4v) is 1.27. The number of benzene rings is 1. The summed E-state index contributed by atoms with van der Waals surface area (Å²) in [7, 11) is 0. The van der Waals surface area contributed by atoms with Gasteiger partial charge in [0.05, 0.1) is 6.10 Å². The van der Waals surface area contributed by atoms with Gasteiger partial charge in [-0.1, -0.05) is 13.8 Å². The van der Waals surface area contributed by atoms with E-state index in [1.54, 1.807) is 0 Å². The van der Waals surface area contributed by atoms with Crippen LogP contribution in [0.5, 0.6) is 11.5 Å². The van der Waals surface area contributed by atoms with Crippen LogP contribution in [0.15, 0.2) is 18.2 Å². The predicted octanol–water partition coefficient (Wildman–Crippen LogP) is 1.13. The fraction of sp³-hybridized carbons (Fsp3) is 0.455. The third-order valence-electron chi connectivity index (χ3n) is 2.09. The highest BCUT2D eigenvalue weighted by Crippen LogP contribution is 2.27. The van der Waals surface area contributed by atoms with Gasteiger partial charge in [-0.15, -0.1) is 0 Å². The predicted molar refractivity (Wildman–Crippen MR) is 57.9 cm³/mol. The number of hydrogen-bond donors (Lipinski definition) is 4. The molecule has 1 unspecified atom stereocenters. The molecule has 0 saturated carbocycles. The van der Waals surface area contributed by atoms with Crippen LogP contribution in [0.2, 0.25) is 0 Å². The van der Waals surface area contributed by atoms with Gasteiger partial charge in [0.15, 0.2) is 0 Å². The minimum absolute atomic E-state index is 0.00847. The molecule has 0 aromatic heterocycles. The highest BCUT2D eigenvalue weighted by Gasteiger charge is 2.13. The van der Waals surface area contributed by atoms with Crippen molar-refractivity contribution in [1.29, 1.82) is 0 Å². The van der Waals surface area contributed by atoms with Crippen molar-refractivity contribution < 1.29 is 15.3 Å². The first-order valence-electron chi connectivity index (χ1n) is 4.94. The first-order chi connectivity index (χ1) is 7.00. The Labute approximate surface area is 89.2 Å². The Morgan fingerprint density at radius 1 is 1.27 bits per heavy atom. The van der Waals surface area contributed by atoms with Crippen LogP contribution in [0.3, 0.4) is 0 Å². The lowest BCUT2D eigenvalue weighted by atomic mass is 10.1. The Morgan fingerprint density at radius 3 is 2.53 bits per heavy atom. The van der Waals surface area contributed by atoms with E-state index < -0.39 is 6.10 Å². The molecule has 4 nitrogen and oxygen atoms in total. The Bertz CT molecular complexity index is 326. The first-order valence-corrected chi connectivity index (χ1v) is 4.94. The summed E-state index contributed by atoms with van der Waals surface area (Å²) in [5.74, 6) is 0.0252. The van der Waals surface area contributed by atoms with Crippen LogP contribution in [0.1, 0.15) is 25.5 Å². The molecule has 0 amide bonds. The van der Waals surface area contributed by atoms with E-state index in [0.29, 0.717) is 12.1 Å². The number of aromatic hydroxyl groups is 2. The summed E-state index contributed by atoms with van der Waals surface area (Å²) in [5.41, 5.74) is 0.336. The van der Waals surface area contributed by atoms with Crippen molar-refractivity contribution in [3.05, 3.63) is 23.8 Å². The third kappa shape index (κ3) is 3.42. The van der Waals surface area contributed by atoms with Gasteiger partial charge in [0.2, 0.25) is 0 Å². The largest absolute Gasteiger partial charge is 0.508 e.